The molecule has 1 aliphatic heterocycles. The van der Waals surface area contributed by atoms with Gasteiger partial charge in [-0.1, -0.05) is 48.5 Å². The molecular weight excluding hydrogens is 322 g/mol. The maximum atomic E-state index is 13.0. The summed E-state index contributed by atoms with van der Waals surface area (Å²) in [6.45, 7) is 2.62. The van der Waals surface area contributed by atoms with E-state index in [1.54, 1.807) is 0 Å². The first-order valence-corrected chi connectivity index (χ1v) is 9.30. The monoisotopic (exact) mass is 347 g/mol. The molecule has 1 saturated heterocycles. The molecule has 0 radical (unpaired) electrons. The minimum absolute atomic E-state index is 0.144. The quantitative estimate of drug-likeness (QED) is 0.783. The summed E-state index contributed by atoms with van der Waals surface area (Å²) in [7, 11) is 2.13. The molecule has 4 rings (SSSR count). The first-order valence-electron chi connectivity index (χ1n) is 9.30. The molecule has 1 aliphatic rings. The molecule has 0 spiro atoms. The summed E-state index contributed by atoms with van der Waals surface area (Å²) in [4.78, 5) is 20.7. The Balaban J connectivity index is 1.49. The number of nitrogens with one attached hydrogen (secondary N) is 1. The molecule has 2 heterocycles. The van der Waals surface area contributed by atoms with Crippen LogP contribution in [0.4, 0.5) is 0 Å². The van der Waals surface area contributed by atoms with Crippen molar-refractivity contribution in [3.05, 3.63) is 71.9 Å². The van der Waals surface area contributed by atoms with Crippen LogP contribution in [0.2, 0.25) is 0 Å². The Morgan fingerprint density at radius 1 is 1.08 bits per heavy atom. The highest BCUT2D eigenvalue weighted by Crippen LogP contribution is 2.26. The van der Waals surface area contributed by atoms with Crippen LogP contribution in [0.15, 0.2) is 60.8 Å². The standard InChI is InChI=1S/C22H25N3O/c1-24-13-14-25(21(16-24)17-7-3-2-4-8-17)22(26)12-11-18-15-23-20-10-6-5-9-19(18)20/h2-10,15,21,23H,11-14,16H2,1H3/t21-/m1/s1. The number of rotatable bonds is 4. The van der Waals surface area contributed by atoms with Crippen LogP contribution in [-0.4, -0.2) is 47.4 Å². The molecule has 4 nitrogen and oxygen atoms in total. The van der Waals surface area contributed by atoms with Crippen LogP contribution >= 0.6 is 0 Å². The summed E-state index contributed by atoms with van der Waals surface area (Å²) >= 11 is 0. The average Bonchev–Trinajstić information content (AvgIpc) is 3.10. The van der Waals surface area contributed by atoms with E-state index in [2.05, 4.69) is 58.2 Å². The molecule has 1 amide bonds. The maximum absolute atomic E-state index is 13.0. The molecule has 2 aromatic carbocycles. The van der Waals surface area contributed by atoms with E-state index in [1.807, 2.05) is 24.4 Å². The smallest absolute Gasteiger partial charge is 0.223 e. The zero-order valence-corrected chi connectivity index (χ0v) is 15.2. The number of aromatic amines is 1. The number of benzene rings is 2. The Bertz CT molecular complexity index is 887. The van der Waals surface area contributed by atoms with Gasteiger partial charge < -0.3 is 14.8 Å². The van der Waals surface area contributed by atoms with Crippen LogP contribution in [-0.2, 0) is 11.2 Å². The maximum Gasteiger partial charge on any atom is 0.223 e. The van der Waals surface area contributed by atoms with Crippen molar-refractivity contribution >= 4 is 16.8 Å². The number of fused-ring (bicyclic) bond motifs is 1. The summed E-state index contributed by atoms with van der Waals surface area (Å²) in [6.07, 6.45) is 3.36. The number of para-hydroxylation sites is 1. The second-order valence-electron chi connectivity index (χ2n) is 7.14. The van der Waals surface area contributed by atoms with Crippen LogP contribution < -0.4 is 0 Å². The number of carbonyl (C=O) groups excluding carboxylic acids is 1. The zero-order valence-electron chi connectivity index (χ0n) is 15.2. The first kappa shape index (κ1) is 16.9. The molecule has 0 aliphatic carbocycles. The Labute approximate surface area is 154 Å². The summed E-state index contributed by atoms with van der Waals surface area (Å²) < 4.78 is 0. The minimum atomic E-state index is 0.144. The van der Waals surface area contributed by atoms with Gasteiger partial charge in [0.15, 0.2) is 0 Å². The van der Waals surface area contributed by atoms with Crippen LogP contribution in [0.25, 0.3) is 10.9 Å². The van der Waals surface area contributed by atoms with Gasteiger partial charge in [-0.2, -0.15) is 0 Å². The molecular formula is C22H25N3O. The average molecular weight is 347 g/mol. The molecule has 1 fully saturated rings. The van der Waals surface area contributed by atoms with Crippen molar-refractivity contribution < 1.29 is 4.79 Å². The van der Waals surface area contributed by atoms with Crippen molar-refractivity contribution in [2.45, 2.75) is 18.9 Å². The van der Waals surface area contributed by atoms with Gasteiger partial charge in [0.25, 0.3) is 0 Å². The number of piperazine rings is 1. The van der Waals surface area contributed by atoms with Gasteiger partial charge in [0.05, 0.1) is 6.04 Å². The van der Waals surface area contributed by atoms with Crippen LogP contribution in [0.5, 0.6) is 0 Å². The van der Waals surface area contributed by atoms with E-state index in [4.69, 9.17) is 0 Å². The summed E-state index contributed by atoms with van der Waals surface area (Å²) in [5.74, 6) is 0.247. The number of likely N-dealkylation sites (N-methyl/N-ethyl adjacent to an activating group) is 1. The third-order valence-corrected chi connectivity index (χ3v) is 5.37. The lowest BCUT2D eigenvalue weighted by Gasteiger charge is -2.40. The van der Waals surface area contributed by atoms with E-state index in [9.17, 15) is 4.79 Å². The topological polar surface area (TPSA) is 39.3 Å². The van der Waals surface area contributed by atoms with Crippen molar-refractivity contribution in [2.24, 2.45) is 0 Å². The fraction of sp³-hybridized carbons (Fsp3) is 0.318. The fourth-order valence-electron chi connectivity index (χ4n) is 3.90. The number of hydrogen-bond acceptors (Lipinski definition) is 2. The Kier molecular flexibility index (Phi) is 4.76. The van der Waals surface area contributed by atoms with E-state index in [1.165, 1.54) is 16.5 Å². The van der Waals surface area contributed by atoms with Crippen molar-refractivity contribution in [1.82, 2.24) is 14.8 Å². The highest BCUT2D eigenvalue weighted by molar-refractivity contribution is 5.84. The lowest BCUT2D eigenvalue weighted by molar-refractivity contribution is -0.136. The SMILES string of the molecule is CN1CCN(C(=O)CCc2c[nH]c3ccccc23)[C@@H](c2ccccc2)C1. The van der Waals surface area contributed by atoms with E-state index in [0.29, 0.717) is 6.42 Å². The third kappa shape index (κ3) is 3.37. The number of aryl methyl sites for hydroxylation is 1. The van der Waals surface area contributed by atoms with Crippen LogP contribution in [0.3, 0.4) is 0 Å². The van der Waals surface area contributed by atoms with Gasteiger partial charge in [0.2, 0.25) is 5.91 Å². The number of H-pyrrole nitrogens is 1. The summed E-state index contributed by atoms with van der Waals surface area (Å²) in [6, 6.07) is 18.8. The molecule has 0 unspecified atom stereocenters. The number of hydrogen-bond donors (Lipinski definition) is 1. The second kappa shape index (κ2) is 7.34. The van der Waals surface area contributed by atoms with Crippen molar-refractivity contribution in [3.8, 4) is 0 Å². The second-order valence-corrected chi connectivity index (χ2v) is 7.14. The number of amides is 1. The number of aromatic nitrogens is 1. The van der Waals surface area contributed by atoms with Crippen molar-refractivity contribution in [2.75, 3.05) is 26.7 Å². The van der Waals surface area contributed by atoms with Crippen molar-refractivity contribution in [3.63, 3.8) is 0 Å². The van der Waals surface area contributed by atoms with E-state index in [-0.39, 0.29) is 11.9 Å². The van der Waals surface area contributed by atoms with E-state index < -0.39 is 0 Å². The zero-order chi connectivity index (χ0) is 17.9. The highest BCUT2D eigenvalue weighted by atomic mass is 16.2. The van der Waals surface area contributed by atoms with E-state index in [0.717, 1.165) is 31.6 Å². The van der Waals surface area contributed by atoms with Gasteiger partial charge in [0, 0.05) is 43.2 Å². The minimum Gasteiger partial charge on any atom is -0.361 e. The van der Waals surface area contributed by atoms with Crippen LogP contribution in [0, 0.1) is 0 Å². The molecule has 0 saturated carbocycles. The number of carbonyl (C=O) groups is 1. The fourth-order valence-corrected chi connectivity index (χ4v) is 3.90. The van der Waals surface area contributed by atoms with Gasteiger partial charge in [-0.05, 0) is 30.7 Å². The normalized spacial score (nSPS) is 18.3. The lowest BCUT2D eigenvalue weighted by Crippen LogP contribution is -2.49. The molecule has 26 heavy (non-hydrogen) atoms. The van der Waals surface area contributed by atoms with Crippen LogP contribution in [0.1, 0.15) is 23.6 Å². The molecule has 1 aromatic heterocycles. The van der Waals surface area contributed by atoms with Gasteiger partial charge in [-0.15, -0.1) is 0 Å². The molecule has 134 valence electrons. The van der Waals surface area contributed by atoms with Crippen molar-refractivity contribution in [1.29, 1.82) is 0 Å². The van der Waals surface area contributed by atoms with Gasteiger partial charge in [-0.3, -0.25) is 4.79 Å². The first-order chi connectivity index (χ1) is 12.7. The molecule has 1 atom stereocenters. The van der Waals surface area contributed by atoms with Gasteiger partial charge >= 0.3 is 0 Å². The Hall–Kier alpha value is -2.59. The lowest BCUT2D eigenvalue weighted by atomic mass is 10.0. The summed E-state index contributed by atoms with van der Waals surface area (Å²) in [5, 5.41) is 1.22. The largest absolute Gasteiger partial charge is 0.361 e. The third-order valence-electron chi connectivity index (χ3n) is 5.37. The Morgan fingerprint density at radius 3 is 2.69 bits per heavy atom. The summed E-state index contributed by atoms with van der Waals surface area (Å²) in [5.41, 5.74) is 3.58. The van der Waals surface area contributed by atoms with E-state index >= 15 is 0 Å². The number of nitrogens with zero attached hydrogens (tertiary/aromatic N) is 2. The highest BCUT2D eigenvalue weighted by Gasteiger charge is 2.29. The Morgan fingerprint density at radius 2 is 1.85 bits per heavy atom. The molecule has 0 bridgehead atoms. The predicted molar refractivity (Wildman–Crippen MR) is 105 cm³/mol. The van der Waals surface area contributed by atoms with Gasteiger partial charge in [0.1, 0.15) is 0 Å². The molecule has 4 heteroatoms. The molecule has 3 aromatic rings. The predicted octanol–water partition coefficient (Wildman–Crippen LogP) is 3.62. The van der Waals surface area contributed by atoms with Gasteiger partial charge in [-0.25, -0.2) is 0 Å². The molecule has 1 N–H and O–H groups in total.